The summed E-state index contributed by atoms with van der Waals surface area (Å²) in [4.78, 5) is 0. The molecule has 0 aliphatic carbocycles. The predicted molar refractivity (Wildman–Crippen MR) is 51.2 cm³/mol. The molecule has 0 aromatic heterocycles. The normalized spacial score (nSPS) is 22.9. The lowest BCUT2D eigenvalue weighted by Gasteiger charge is -2.33. The van der Waals surface area contributed by atoms with Crippen LogP contribution < -0.4 is 4.72 Å². The number of sulfonamides is 1. The first-order valence-electron chi connectivity index (χ1n) is 4.13. The molecule has 78 valence electrons. The minimum Gasteiger partial charge on any atom is -0.381 e. The van der Waals surface area contributed by atoms with Gasteiger partial charge in [0.1, 0.15) is 5.21 Å². The summed E-state index contributed by atoms with van der Waals surface area (Å²) in [5.74, 6) is 0. The molecule has 1 saturated heterocycles. The first kappa shape index (κ1) is 11.2. The second kappa shape index (κ2) is 4.13. The van der Waals surface area contributed by atoms with Crippen molar-refractivity contribution in [2.24, 2.45) is 0 Å². The van der Waals surface area contributed by atoms with Crippen LogP contribution in [0.25, 0.3) is 0 Å². The second-order valence-electron chi connectivity index (χ2n) is 3.50. The zero-order valence-corrected chi connectivity index (χ0v) is 9.12. The van der Waals surface area contributed by atoms with E-state index in [9.17, 15) is 8.42 Å². The minimum absolute atomic E-state index is 0.383. The fraction of sp³-hybridized carbons (Fsp3) is 1.00. The zero-order valence-electron chi connectivity index (χ0n) is 7.55. The molecule has 1 aliphatic heterocycles. The highest BCUT2D eigenvalue weighted by Crippen LogP contribution is 2.20. The summed E-state index contributed by atoms with van der Waals surface area (Å²) in [6, 6.07) is 0. The van der Waals surface area contributed by atoms with Gasteiger partial charge in [-0.3, -0.25) is 0 Å². The van der Waals surface area contributed by atoms with E-state index in [2.05, 4.69) is 4.72 Å². The first-order chi connectivity index (χ1) is 5.97. The van der Waals surface area contributed by atoms with Crippen molar-refractivity contribution in [3.63, 3.8) is 0 Å². The molecule has 0 saturated carbocycles. The SMILES string of the molecule is CC1(NS(=O)(=O)CCl)CCOCC1. The highest BCUT2D eigenvalue weighted by molar-refractivity contribution is 7.90. The third-order valence-electron chi connectivity index (χ3n) is 2.14. The number of alkyl halides is 1. The zero-order chi connectivity index (χ0) is 9.95. The molecule has 0 amide bonds. The standard InChI is InChI=1S/C7H14ClNO3S/c1-7(2-4-12-5-3-7)9-13(10,11)6-8/h9H,2-6H2,1H3. The predicted octanol–water partition coefficient (Wildman–Crippen LogP) is 0.671. The Bertz CT molecular complexity index is 259. The number of nitrogens with one attached hydrogen (secondary N) is 1. The average molecular weight is 228 g/mol. The van der Waals surface area contributed by atoms with E-state index in [0.717, 1.165) is 0 Å². The fourth-order valence-corrected chi connectivity index (χ4v) is 2.50. The Labute approximate surface area is 83.7 Å². The topological polar surface area (TPSA) is 55.4 Å². The molecule has 6 heteroatoms. The fourth-order valence-electron chi connectivity index (χ4n) is 1.33. The molecule has 0 aromatic rings. The van der Waals surface area contributed by atoms with Crippen molar-refractivity contribution in [1.29, 1.82) is 0 Å². The molecule has 1 rings (SSSR count). The van der Waals surface area contributed by atoms with E-state index in [1.807, 2.05) is 6.92 Å². The van der Waals surface area contributed by atoms with Crippen LogP contribution in [0.15, 0.2) is 0 Å². The van der Waals surface area contributed by atoms with E-state index >= 15 is 0 Å². The van der Waals surface area contributed by atoms with Gasteiger partial charge < -0.3 is 4.74 Å². The van der Waals surface area contributed by atoms with E-state index in [-0.39, 0.29) is 10.8 Å². The maximum absolute atomic E-state index is 11.2. The summed E-state index contributed by atoms with van der Waals surface area (Å²) in [7, 11) is -3.32. The van der Waals surface area contributed by atoms with Crippen LogP contribution in [0.3, 0.4) is 0 Å². The Hall–Kier alpha value is 0.160. The van der Waals surface area contributed by atoms with Crippen molar-refractivity contribution in [2.75, 3.05) is 18.4 Å². The van der Waals surface area contributed by atoms with Crippen molar-refractivity contribution in [2.45, 2.75) is 25.3 Å². The van der Waals surface area contributed by atoms with Gasteiger partial charge in [-0.2, -0.15) is 0 Å². The van der Waals surface area contributed by atoms with E-state index in [0.29, 0.717) is 26.1 Å². The molecular weight excluding hydrogens is 214 g/mol. The van der Waals surface area contributed by atoms with Gasteiger partial charge in [-0.1, -0.05) is 0 Å². The molecule has 0 bridgehead atoms. The first-order valence-corrected chi connectivity index (χ1v) is 6.31. The smallest absolute Gasteiger partial charge is 0.226 e. The van der Waals surface area contributed by atoms with E-state index < -0.39 is 10.0 Å². The Kier molecular flexibility index (Phi) is 3.57. The quantitative estimate of drug-likeness (QED) is 0.722. The molecule has 13 heavy (non-hydrogen) atoms. The highest BCUT2D eigenvalue weighted by atomic mass is 35.5. The molecule has 0 atom stereocenters. The van der Waals surface area contributed by atoms with E-state index in [4.69, 9.17) is 16.3 Å². The van der Waals surface area contributed by atoms with Crippen LogP contribution in [0, 0.1) is 0 Å². The Morgan fingerprint density at radius 2 is 2.00 bits per heavy atom. The van der Waals surface area contributed by atoms with Crippen LogP contribution in [0.1, 0.15) is 19.8 Å². The number of hydrogen-bond acceptors (Lipinski definition) is 3. The highest BCUT2D eigenvalue weighted by Gasteiger charge is 2.31. The molecular formula is C7H14ClNO3S. The number of halogens is 1. The monoisotopic (exact) mass is 227 g/mol. The van der Waals surface area contributed by atoms with Gasteiger partial charge in [-0.25, -0.2) is 13.1 Å². The van der Waals surface area contributed by atoms with Crippen LogP contribution in [0.2, 0.25) is 0 Å². The Balaban J connectivity index is 2.60. The van der Waals surface area contributed by atoms with Crippen molar-refractivity contribution in [3.8, 4) is 0 Å². The lowest BCUT2D eigenvalue weighted by Crippen LogP contribution is -2.49. The summed E-state index contributed by atoms with van der Waals surface area (Å²) in [6.45, 7) is 3.07. The molecule has 0 spiro atoms. The second-order valence-corrected chi connectivity index (χ2v) is 5.81. The summed E-state index contributed by atoms with van der Waals surface area (Å²) in [6.07, 6.45) is 1.40. The molecule has 1 heterocycles. The molecule has 0 aromatic carbocycles. The minimum atomic E-state index is -3.32. The van der Waals surface area contributed by atoms with E-state index in [1.54, 1.807) is 0 Å². The summed E-state index contributed by atoms with van der Waals surface area (Å²) < 4.78 is 30.1. The molecule has 0 radical (unpaired) electrons. The van der Waals surface area contributed by atoms with Crippen LogP contribution in [-0.2, 0) is 14.8 Å². The lowest BCUT2D eigenvalue weighted by molar-refractivity contribution is 0.0538. The van der Waals surface area contributed by atoms with Gasteiger partial charge in [0.2, 0.25) is 10.0 Å². The van der Waals surface area contributed by atoms with Crippen LogP contribution in [0.5, 0.6) is 0 Å². The summed E-state index contributed by atoms with van der Waals surface area (Å²) >= 11 is 5.29. The third-order valence-corrected chi connectivity index (χ3v) is 4.09. The van der Waals surface area contributed by atoms with Crippen molar-refractivity contribution < 1.29 is 13.2 Å². The summed E-state index contributed by atoms with van der Waals surface area (Å²) in [5.41, 5.74) is -0.383. The third kappa shape index (κ3) is 3.42. The largest absolute Gasteiger partial charge is 0.381 e. The van der Waals surface area contributed by atoms with E-state index in [1.165, 1.54) is 0 Å². The van der Waals surface area contributed by atoms with Gasteiger partial charge in [0.15, 0.2) is 0 Å². The maximum atomic E-state index is 11.2. The van der Waals surface area contributed by atoms with Gasteiger partial charge in [0.25, 0.3) is 0 Å². The van der Waals surface area contributed by atoms with Gasteiger partial charge in [-0.05, 0) is 19.8 Å². The van der Waals surface area contributed by atoms with Crippen LogP contribution >= 0.6 is 11.6 Å². The number of ether oxygens (including phenoxy) is 1. The van der Waals surface area contributed by atoms with Gasteiger partial charge in [0.05, 0.1) is 0 Å². The molecule has 1 N–H and O–H groups in total. The maximum Gasteiger partial charge on any atom is 0.226 e. The van der Waals surface area contributed by atoms with Crippen LogP contribution in [0.4, 0.5) is 0 Å². The van der Waals surface area contributed by atoms with Gasteiger partial charge in [0, 0.05) is 18.8 Å². The van der Waals surface area contributed by atoms with Gasteiger partial charge in [-0.15, -0.1) is 11.6 Å². The molecule has 4 nitrogen and oxygen atoms in total. The Morgan fingerprint density at radius 3 is 2.46 bits per heavy atom. The number of hydrogen-bond donors (Lipinski definition) is 1. The molecule has 1 aliphatic rings. The number of rotatable bonds is 3. The molecule has 1 fully saturated rings. The van der Waals surface area contributed by atoms with Crippen molar-refractivity contribution in [3.05, 3.63) is 0 Å². The Morgan fingerprint density at radius 1 is 1.46 bits per heavy atom. The van der Waals surface area contributed by atoms with Crippen molar-refractivity contribution >= 4 is 21.6 Å². The van der Waals surface area contributed by atoms with Crippen molar-refractivity contribution in [1.82, 2.24) is 4.72 Å². The lowest BCUT2D eigenvalue weighted by atomic mass is 9.94. The van der Waals surface area contributed by atoms with Crippen LogP contribution in [-0.4, -0.2) is 32.4 Å². The van der Waals surface area contributed by atoms with Gasteiger partial charge >= 0.3 is 0 Å². The summed E-state index contributed by atoms with van der Waals surface area (Å²) in [5, 5.41) is -0.385. The average Bonchev–Trinajstić information content (AvgIpc) is 2.04. The molecule has 0 unspecified atom stereocenters.